The number of rotatable bonds is 7. The molecule has 0 aliphatic rings. The van der Waals surface area contributed by atoms with Crippen LogP contribution in [0.1, 0.15) is 5.56 Å². The minimum atomic E-state index is -4.50. The minimum Gasteiger partial charge on any atom is -0.337 e. The summed E-state index contributed by atoms with van der Waals surface area (Å²) in [4.78, 5) is 20.3. The van der Waals surface area contributed by atoms with Gasteiger partial charge in [-0.05, 0) is 54.1 Å². The molecule has 0 radical (unpaired) electrons. The number of halogens is 5. The molecule has 0 spiro atoms. The Kier molecular flexibility index (Phi) is 7.40. The van der Waals surface area contributed by atoms with Crippen LogP contribution in [0.15, 0.2) is 85.6 Å². The Morgan fingerprint density at radius 3 is 2.38 bits per heavy atom. The van der Waals surface area contributed by atoms with Gasteiger partial charge in [0.1, 0.15) is 11.6 Å². The molecule has 1 amide bonds. The summed E-state index contributed by atoms with van der Waals surface area (Å²) >= 11 is 6.20. The first-order chi connectivity index (χ1) is 17.6. The highest BCUT2D eigenvalue weighted by molar-refractivity contribution is 6.33. The Morgan fingerprint density at radius 1 is 0.973 bits per heavy atom. The van der Waals surface area contributed by atoms with E-state index in [0.717, 1.165) is 24.3 Å². The van der Waals surface area contributed by atoms with Crippen molar-refractivity contribution in [2.45, 2.75) is 6.18 Å². The number of aromatic nitrogens is 2. The van der Waals surface area contributed by atoms with Gasteiger partial charge in [0, 0.05) is 17.4 Å². The summed E-state index contributed by atoms with van der Waals surface area (Å²) in [5, 5.41) is 8.76. The Labute approximate surface area is 214 Å². The molecular formula is C26H18ClF4N5O. The second-order valence-corrected chi connectivity index (χ2v) is 8.06. The molecule has 4 aromatic rings. The van der Waals surface area contributed by atoms with Gasteiger partial charge in [0.05, 0.1) is 22.0 Å². The average Bonchev–Trinajstić information content (AvgIpc) is 2.87. The number of alkyl halides is 3. The third-order valence-electron chi connectivity index (χ3n) is 5.10. The van der Waals surface area contributed by atoms with Gasteiger partial charge >= 0.3 is 6.18 Å². The van der Waals surface area contributed by atoms with E-state index in [-0.39, 0.29) is 23.1 Å². The van der Waals surface area contributed by atoms with Crippen LogP contribution in [-0.2, 0) is 11.0 Å². The lowest BCUT2D eigenvalue weighted by Gasteiger charge is -2.15. The lowest BCUT2D eigenvalue weighted by atomic mass is 10.1. The molecule has 11 heteroatoms. The number of anilines is 5. The lowest BCUT2D eigenvalue weighted by molar-refractivity contribution is -0.137. The molecule has 3 N–H and O–H groups in total. The molecule has 4 rings (SSSR count). The van der Waals surface area contributed by atoms with Crippen molar-refractivity contribution in [3.63, 3.8) is 0 Å². The van der Waals surface area contributed by atoms with Gasteiger partial charge in [-0.2, -0.15) is 18.2 Å². The standard InChI is InChI=1S/C26H18ClF4N5O/c1-2-23(37)33-17-11-12-20(28)22(13-17)34-24-18(15-7-9-16(10-8-15)26(29,30)31)14-32-25(36-24)35-21-6-4-3-5-19(21)27/h2-14H,1H2,(H,33,37)(H2,32,34,35,36). The average molecular weight is 528 g/mol. The van der Waals surface area contributed by atoms with Gasteiger partial charge in [0.2, 0.25) is 11.9 Å². The molecule has 3 aromatic carbocycles. The zero-order valence-electron chi connectivity index (χ0n) is 18.9. The van der Waals surface area contributed by atoms with E-state index in [4.69, 9.17) is 11.6 Å². The normalized spacial score (nSPS) is 11.1. The number of benzene rings is 3. The predicted molar refractivity (Wildman–Crippen MR) is 136 cm³/mol. The van der Waals surface area contributed by atoms with Crippen molar-refractivity contribution in [1.82, 2.24) is 9.97 Å². The van der Waals surface area contributed by atoms with Crippen LogP contribution in [0.2, 0.25) is 5.02 Å². The summed E-state index contributed by atoms with van der Waals surface area (Å²) in [7, 11) is 0. The molecule has 0 atom stereocenters. The van der Waals surface area contributed by atoms with E-state index < -0.39 is 23.5 Å². The molecular weight excluding hydrogens is 510 g/mol. The van der Waals surface area contributed by atoms with E-state index in [9.17, 15) is 22.4 Å². The number of hydrogen-bond donors (Lipinski definition) is 3. The first kappa shape index (κ1) is 25.6. The van der Waals surface area contributed by atoms with Crippen molar-refractivity contribution in [3.8, 4) is 11.1 Å². The Bertz CT molecular complexity index is 1460. The Hall–Kier alpha value is -4.44. The van der Waals surface area contributed by atoms with Crippen LogP contribution >= 0.6 is 11.6 Å². The quantitative estimate of drug-likeness (QED) is 0.171. The first-order valence-corrected chi connectivity index (χ1v) is 11.1. The van der Waals surface area contributed by atoms with Crippen LogP contribution < -0.4 is 16.0 Å². The van der Waals surface area contributed by atoms with E-state index in [1.807, 2.05) is 0 Å². The Morgan fingerprint density at radius 2 is 1.70 bits per heavy atom. The molecule has 6 nitrogen and oxygen atoms in total. The first-order valence-electron chi connectivity index (χ1n) is 10.7. The van der Waals surface area contributed by atoms with Crippen molar-refractivity contribution in [1.29, 1.82) is 0 Å². The van der Waals surface area contributed by atoms with Crippen molar-refractivity contribution < 1.29 is 22.4 Å². The van der Waals surface area contributed by atoms with Crippen molar-refractivity contribution >= 4 is 46.3 Å². The summed E-state index contributed by atoms with van der Waals surface area (Å²) in [6.45, 7) is 3.38. The van der Waals surface area contributed by atoms with Gasteiger partial charge in [-0.25, -0.2) is 9.37 Å². The number of nitrogens with one attached hydrogen (secondary N) is 3. The molecule has 0 saturated heterocycles. The summed E-state index contributed by atoms with van der Waals surface area (Å²) in [5.74, 6) is -0.955. The maximum Gasteiger partial charge on any atom is 0.416 e. The van der Waals surface area contributed by atoms with Crippen LogP contribution in [0.5, 0.6) is 0 Å². The van der Waals surface area contributed by atoms with E-state index in [1.54, 1.807) is 24.3 Å². The van der Waals surface area contributed by atoms with Crippen molar-refractivity contribution in [3.05, 3.63) is 102 Å². The van der Waals surface area contributed by atoms with Crippen molar-refractivity contribution in [2.75, 3.05) is 16.0 Å². The summed E-state index contributed by atoms with van der Waals surface area (Å²) in [6, 6.07) is 15.1. The van der Waals surface area contributed by atoms with Gasteiger partial charge < -0.3 is 16.0 Å². The van der Waals surface area contributed by atoms with E-state index in [1.165, 1.54) is 30.5 Å². The minimum absolute atomic E-state index is 0.0441. The number of nitrogens with zero attached hydrogens (tertiary/aromatic N) is 2. The van der Waals surface area contributed by atoms with Crippen LogP contribution in [0.4, 0.5) is 46.4 Å². The third-order valence-corrected chi connectivity index (χ3v) is 5.43. The number of carbonyl (C=O) groups excluding carboxylic acids is 1. The summed E-state index contributed by atoms with van der Waals surface area (Å²) in [5.41, 5.74) is 0.596. The SMILES string of the molecule is C=CC(=O)Nc1ccc(F)c(Nc2nc(Nc3ccccc3Cl)ncc2-c2ccc(C(F)(F)F)cc2)c1. The zero-order valence-corrected chi connectivity index (χ0v) is 19.7. The third kappa shape index (κ3) is 6.22. The largest absolute Gasteiger partial charge is 0.416 e. The predicted octanol–water partition coefficient (Wildman–Crippen LogP) is 7.57. The van der Waals surface area contributed by atoms with Crippen LogP contribution in [0.3, 0.4) is 0 Å². The number of para-hydroxylation sites is 1. The molecule has 1 heterocycles. The highest BCUT2D eigenvalue weighted by atomic mass is 35.5. The number of hydrogen-bond acceptors (Lipinski definition) is 5. The second-order valence-electron chi connectivity index (χ2n) is 7.65. The molecule has 0 fully saturated rings. The fourth-order valence-electron chi connectivity index (χ4n) is 3.29. The van der Waals surface area contributed by atoms with Crippen LogP contribution in [0.25, 0.3) is 11.1 Å². The van der Waals surface area contributed by atoms with E-state index in [0.29, 0.717) is 21.8 Å². The topological polar surface area (TPSA) is 78.9 Å². The number of amides is 1. The highest BCUT2D eigenvalue weighted by Crippen LogP contribution is 2.35. The fourth-order valence-corrected chi connectivity index (χ4v) is 3.47. The molecule has 1 aromatic heterocycles. The van der Waals surface area contributed by atoms with Gasteiger partial charge in [-0.15, -0.1) is 0 Å². The van der Waals surface area contributed by atoms with Gasteiger partial charge in [-0.1, -0.05) is 42.4 Å². The second kappa shape index (κ2) is 10.7. The zero-order chi connectivity index (χ0) is 26.6. The van der Waals surface area contributed by atoms with Gasteiger partial charge in [0.15, 0.2) is 0 Å². The van der Waals surface area contributed by atoms with E-state index in [2.05, 4.69) is 32.5 Å². The van der Waals surface area contributed by atoms with Crippen molar-refractivity contribution in [2.24, 2.45) is 0 Å². The maximum atomic E-state index is 14.7. The van der Waals surface area contributed by atoms with Crippen LogP contribution in [-0.4, -0.2) is 15.9 Å². The maximum absolute atomic E-state index is 14.7. The molecule has 0 aliphatic heterocycles. The molecule has 0 saturated carbocycles. The lowest BCUT2D eigenvalue weighted by Crippen LogP contribution is -2.08. The summed E-state index contributed by atoms with van der Waals surface area (Å²) in [6.07, 6.45) is -2.05. The Balaban J connectivity index is 1.75. The molecule has 0 aliphatic carbocycles. The molecule has 188 valence electrons. The molecule has 0 unspecified atom stereocenters. The fraction of sp³-hybridized carbons (Fsp3) is 0.0385. The summed E-state index contributed by atoms with van der Waals surface area (Å²) < 4.78 is 53.8. The van der Waals surface area contributed by atoms with Crippen LogP contribution in [0, 0.1) is 5.82 Å². The highest BCUT2D eigenvalue weighted by Gasteiger charge is 2.30. The monoisotopic (exact) mass is 527 g/mol. The molecule has 37 heavy (non-hydrogen) atoms. The van der Waals surface area contributed by atoms with E-state index >= 15 is 0 Å². The number of carbonyl (C=O) groups is 1. The van der Waals surface area contributed by atoms with Gasteiger partial charge in [0.25, 0.3) is 0 Å². The molecule has 0 bridgehead atoms. The van der Waals surface area contributed by atoms with Gasteiger partial charge in [-0.3, -0.25) is 4.79 Å². The smallest absolute Gasteiger partial charge is 0.337 e.